The van der Waals surface area contributed by atoms with Crippen LogP contribution < -0.4 is 5.32 Å². The van der Waals surface area contributed by atoms with Crippen molar-refractivity contribution in [1.82, 2.24) is 0 Å². The average Bonchev–Trinajstić information content (AvgIpc) is 2.30. The van der Waals surface area contributed by atoms with Gasteiger partial charge in [-0.1, -0.05) is 45.4 Å². The molecule has 0 spiro atoms. The number of benzene rings is 1. The molecule has 1 atom stereocenters. The molecule has 0 aliphatic carbocycles. The quantitative estimate of drug-likeness (QED) is 0.788. The minimum Gasteiger partial charge on any atom is -0.326 e. The lowest BCUT2D eigenvalue weighted by molar-refractivity contribution is -0.120. The number of para-hydroxylation sites is 1. The molecular weight excluding hydrogens is 210 g/mol. The molecule has 94 valence electrons. The highest BCUT2D eigenvalue weighted by Crippen LogP contribution is 2.17. The summed E-state index contributed by atoms with van der Waals surface area (Å²) in [4.78, 5) is 12.0. The summed E-state index contributed by atoms with van der Waals surface area (Å²) < 4.78 is 0. The number of hydrogen-bond acceptors (Lipinski definition) is 1. The number of nitrogens with one attached hydrogen (secondary N) is 1. The van der Waals surface area contributed by atoms with Crippen LogP contribution in [0.3, 0.4) is 0 Å². The van der Waals surface area contributed by atoms with Gasteiger partial charge in [-0.05, 0) is 30.9 Å². The van der Waals surface area contributed by atoms with Crippen molar-refractivity contribution in [3.05, 3.63) is 30.3 Å². The molecule has 0 saturated carbocycles. The monoisotopic (exact) mass is 233 g/mol. The van der Waals surface area contributed by atoms with E-state index >= 15 is 0 Å². The maximum atomic E-state index is 12.0. The first-order valence-corrected chi connectivity index (χ1v) is 6.49. The molecule has 0 aromatic heterocycles. The van der Waals surface area contributed by atoms with Crippen molar-refractivity contribution in [3.63, 3.8) is 0 Å². The van der Waals surface area contributed by atoms with Gasteiger partial charge in [0.1, 0.15) is 0 Å². The Bertz CT molecular complexity index is 332. The second kappa shape index (κ2) is 7.10. The predicted octanol–water partition coefficient (Wildman–Crippen LogP) is 4.09. The molecular formula is C15H23NO. The second-order valence-corrected chi connectivity index (χ2v) is 4.93. The van der Waals surface area contributed by atoms with Crippen LogP contribution >= 0.6 is 0 Å². The summed E-state index contributed by atoms with van der Waals surface area (Å²) in [5, 5.41) is 2.98. The molecule has 0 radical (unpaired) electrons. The van der Waals surface area contributed by atoms with Gasteiger partial charge in [-0.3, -0.25) is 4.79 Å². The zero-order valence-electron chi connectivity index (χ0n) is 11.1. The fourth-order valence-corrected chi connectivity index (χ4v) is 1.82. The maximum absolute atomic E-state index is 12.0. The first-order chi connectivity index (χ1) is 8.13. The topological polar surface area (TPSA) is 29.1 Å². The predicted molar refractivity (Wildman–Crippen MR) is 72.9 cm³/mol. The lowest BCUT2D eigenvalue weighted by atomic mass is 9.95. The highest BCUT2D eigenvalue weighted by Gasteiger charge is 2.16. The van der Waals surface area contributed by atoms with Crippen LogP contribution in [0.2, 0.25) is 0 Å². The van der Waals surface area contributed by atoms with Crippen molar-refractivity contribution in [2.45, 2.75) is 40.0 Å². The van der Waals surface area contributed by atoms with Crippen molar-refractivity contribution in [1.29, 1.82) is 0 Å². The van der Waals surface area contributed by atoms with Crippen molar-refractivity contribution in [3.8, 4) is 0 Å². The van der Waals surface area contributed by atoms with E-state index in [1.807, 2.05) is 30.3 Å². The summed E-state index contributed by atoms with van der Waals surface area (Å²) in [5.41, 5.74) is 0.889. The summed E-state index contributed by atoms with van der Waals surface area (Å²) in [7, 11) is 0. The lowest BCUT2D eigenvalue weighted by Gasteiger charge is -2.16. The molecule has 0 aliphatic heterocycles. The second-order valence-electron chi connectivity index (χ2n) is 4.93. The Morgan fingerprint density at radius 1 is 1.18 bits per heavy atom. The third kappa shape index (κ3) is 5.03. The standard InChI is InChI=1S/C15H23NO/c1-4-13(11-10-12(2)3)15(17)16-14-8-6-5-7-9-14/h5-9,12-13H,4,10-11H2,1-3H3,(H,16,17). The van der Waals surface area contributed by atoms with Gasteiger partial charge in [0, 0.05) is 11.6 Å². The van der Waals surface area contributed by atoms with Gasteiger partial charge < -0.3 is 5.32 Å². The Morgan fingerprint density at radius 3 is 2.35 bits per heavy atom. The van der Waals surface area contributed by atoms with Gasteiger partial charge in [-0.25, -0.2) is 0 Å². The van der Waals surface area contributed by atoms with Crippen LogP contribution in [0, 0.1) is 11.8 Å². The fourth-order valence-electron chi connectivity index (χ4n) is 1.82. The number of amides is 1. The molecule has 1 rings (SSSR count). The van der Waals surface area contributed by atoms with Gasteiger partial charge in [0.25, 0.3) is 0 Å². The Morgan fingerprint density at radius 2 is 1.82 bits per heavy atom. The van der Waals surface area contributed by atoms with Gasteiger partial charge in [0.05, 0.1) is 0 Å². The van der Waals surface area contributed by atoms with E-state index in [0.717, 1.165) is 24.9 Å². The van der Waals surface area contributed by atoms with Crippen LogP contribution in [0.15, 0.2) is 30.3 Å². The molecule has 2 heteroatoms. The van der Waals surface area contributed by atoms with E-state index < -0.39 is 0 Å². The number of hydrogen-bond donors (Lipinski definition) is 1. The molecule has 0 fully saturated rings. The molecule has 0 aliphatic rings. The smallest absolute Gasteiger partial charge is 0.227 e. The SMILES string of the molecule is CCC(CCC(C)C)C(=O)Nc1ccccc1. The minimum absolute atomic E-state index is 0.137. The zero-order chi connectivity index (χ0) is 12.7. The van der Waals surface area contributed by atoms with Crippen molar-refractivity contribution in [2.75, 3.05) is 5.32 Å². The summed E-state index contributed by atoms with van der Waals surface area (Å²) in [6.45, 7) is 6.47. The van der Waals surface area contributed by atoms with E-state index in [0.29, 0.717) is 5.92 Å². The van der Waals surface area contributed by atoms with Crippen LogP contribution in [0.25, 0.3) is 0 Å². The van der Waals surface area contributed by atoms with E-state index in [2.05, 4.69) is 26.1 Å². The molecule has 0 heterocycles. The third-order valence-corrected chi connectivity index (χ3v) is 3.00. The van der Waals surface area contributed by atoms with Gasteiger partial charge >= 0.3 is 0 Å². The molecule has 1 unspecified atom stereocenters. The zero-order valence-corrected chi connectivity index (χ0v) is 11.1. The minimum atomic E-state index is 0.137. The maximum Gasteiger partial charge on any atom is 0.227 e. The Balaban J connectivity index is 2.49. The van der Waals surface area contributed by atoms with Crippen LogP contribution in [0.1, 0.15) is 40.0 Å². The van der Waals surface area contributed by atoms with Crippen molar-refractivity contribution >= 4 is 11.6 Å². The van der Waals surface area contributed by atoms with Crippen molar-refractivity contribution in [2.24, 2.45) is 11.8 Å². The Hall–Kier alpha value is -1.31. The molecule has 17 heavy (non-hydrogen) atoms. The number of rotatable bonds is 6. The average molecular weight is 233 g/mol. The van der Waals surface area contributed by atoms with Gasteiger partial charge in [0.2, 0.25) is 5.91 Å². The molecule has 1 N–H and O–H groups in total. The highest BCUT2D eigenvalue weighted by atomic mass is 16.1. The summed E-state index contributed by atoms with van der Waals surface area (Å²) in [6, 6.07) is 9.67. The van der Waals surface area contributed by atoms with Crippen LogP contribution in [-0.2, 0) is 4.79 Å². The molecule has 0 saturated heterocycles. The van der Waals surface area contributed by atoms with Gasteiger partial charge in [-0.2, -0.15) is 0 Å². The number of carbonyl (C=O) groups is 1. The first-order valence-electron chi connectivity index (χ1n) is 6.49. The first kappa shape index (κ1) is 13.8. The van der Waals surface area contributed by atoms with Crippen LogP contribution in [-0.4, -0.2) is 5.91 Å². The fraction of sp³-hybridized carbons (Fsp3) is 0.533. The largest absolute Gasteiger partial charge is 0.326 e. The third-order valence-electron chi connectivity index (χ3n) is 3.00. The molecule has 0 bridgehead atoms. The van der Waals surface area contributed by atoms with Gasteiger partial charge in [0.15, 0.2) is 0 Å². The summed E-state index contributed by atoms with van der Waals surface area (Å²) in [6.07, 6.45) is 3.00. The number of anilines is 1. The van der Waals surface area contributed by atoms with Gasteiger partial charge in [-0.15, -0.1) is 0 Å². The number of carbonyl (C=O) groups excluding carboxylic acids is 1. The summed E-state index contributed by atoms with van der Waals surface area (Å²) >= 11 is 0. The van der Waals surface area contributed by atoms with E-state index in [9.17, 15) is 4.79 Å². The highest BCUT2D eigenvalue weighted by molar-refractivity contribution is 5.92. The van der Waals surface area contributed by atoms with E-state index in [1.54, 1.807) is 0 Å². The van der Waals surface area contributed by atoms with Crippen LogP contribution in [0.4, 0.5) is 5.69 Å². The molecule has 1 aromatic carbocycles. The normalized spacial score (nSPS) is 12.5. The molecule has 2 nitrogen and oxygen atoms in total. The Labute approximate surface area is 104 Å². The van der Waals surface area contributed by atoms with Crippen molar-refractivity contribution < 1.29 is 4.79 Å². The summed E-state index contributed by atoms with van der Waals surface area (Å²) in [5.74, 6) is 0.950. The molecule has 1 aromatic rings. The van der Waals surface area contributed by atoms with E-state index in [1.165, 1.54) is 0 Å². The Kier molecular flexibility index (Phi) is 5.75. The van der Waals surface area contributed by atoms with Crippen LogP contribution in [0.5, 0.6) is 0 Å². The van der Waals surface area contributed by atoms with E-state index in [-0.39, 0.29) is 11.8 Å². The lowest BCUT2D eigenvalue weighted by Crippen LogP contribution is -2.22. The molecule has 1 amide bonds. The van der Waals surface area contributed by atoms with E-state index in [4.69, 9.17) is 0 Å².